The molecule has 2 aromatic rings. The molecule has 1 atom stereocenters. The maximum Gasteiger partial charge on any atom is 0.191 e. The third-order valence-corrected chi connectivity index (χ3v) is 3.38. The van der Waals surface area contributed by atoms with Gasteiger partial charge in [-0.05, 0) is 32.9 Å². The van der Waals surface area contributed by atoms with E-state index in [2.05, 4.69) is 20.6 Å². The molecule has 0 saturated heterocycles. The zero-order valence-electron chi connectivity index (χ0n) is 13.9. The lowest BCUT2D eigenvalue weighted by Crippen LogP contribution is -2.40. The van der Waals surface area contributed by atoms with Crippen LogP contribution in [-0.2, 0) is 12.1 Å². The van der Waals surface area contributed by atoms with Gasteiger partial charge in [-0.25, -0.2) is 9.98 Å². The number of hydrogen-bond donors (Lipinski definition) is 3. The Bertz CT molecular complexity index is 616. The molecule has 0 bridgehead atoms. The fourth-order valence-corrected chi connectivity index (χ4v) is 2.10. The molecule has 0 saturated carbocycles. The van der Waals surface area contributed by atoms with Crippen molar-refractivity contribution in [1.29, 1.82) is 0 Å². The second kappa shape index (κ2) is 7.82. The van der Waals surface area contributed by atoms with Crippen molar-refractivity contribution in [2.45, 2.75) is 32.9 Å². The molecule has 0 aliphatic heterocycles. The Morgan fingerprint density at radius 1 is 1.43 bits per heavy atom. The van der Waals surface area contributed by atoms with Crippen LogP contribution in [0.5, 0.6) is 0 Å². The minimum atomic E-state index is -1.14. The number of aryl methyl sites for hydroxylation is 1. The molecule has 7 nitrogen and oxygen atoms in total. The summed E-state index contributed by atoms with van der Waals surface area (Å²) in [6.07, 6.45) is 5.44. The first-order valence-electron chi connectivity index (χ1n) is 7.78. The molecule has 0 aliphatic carbocycles. The summed E-state index contributed by atoms with van der Waals surface area (Å²) in [5, 5.41) is 16.9. The van der Waals surface area contributed by atoms with Gasteiger partial charge in [0.05, 0.1) is 12.9 Å². The molecule has 2 rings (SSSR count). The zero-order valence-corrected chi connectivity index (χ0v) is 13.9. The van der Waals surface area contributed by atoms with Crippen LogP contribution in [-0.4, -0.2) is 40.3 Å². The highest BCUT2D eigenvalue weighted by Gasteiger charge is 2.26. The first kappa shape index (κ1) is 17.1. The fraction of sp³-hybridized carbons (Fsp3) is 0.500. The largest absolute Gasteiger partial charge is 0.463 e. The van der Waals surface area contributed by atoms with Crippen LogP contribution in [0.15, 0.2) is 40.3 Å². The quantitative estimate of drug-likeness (QED) is 0.528. The van der Waals surface area contributed by atoms with E-state index in [1.807, 2.05) is 30.7 Å². The molecule has 0 fully saturated rings. The Balaban J connectivity index is 1.91. The first-order chi connectivity index (χ1) is 11.0. The highest BCUT2D eigenvalue weighted by Crippen LogP contribution is 2.22. The van der Waals surface area contributed by atoms with Crippen LogP contribution < -0.4 is 10.6 Å². The van der Waals surface area contributed by atoms with Crippen molar-refractivity contribution < 1.29 is 9.52 Å². The van der Waals surface area contributed by atoms with Gasteiger partial charge in [0.2, 0.25) is 0 Å². The second-order valence-electron chi connectivity index (χ2n) is 5.61. The third-order valence-electron chi connectivity index (χ3n) is 3.38. The molecule has 0 radical (unpaired) electrons. The van der Waals surface area contributed by atoms with Crippen molar-refractivity contribution in [2.75, 3.05) is 19.6 Å². The fourth-order valence-electron chi connectivity index (χ4n) is 2.10. The van der Waals surface area contributed by atoms with Gasteiger partial charge in [-0.2, -0.15) is 0 Å². The van der Waals surface area contributed by atoms with Crippen LogP contribution in [0.3, 0.4) is 0 Å². The summed E-state index contributed by atoms with van der Waals surface area (Å²) in [4.78, 5) is 8.46. The van der Waals surface area contributed by atoms with Crippen LogP contribution in [0, 0.1) is 6.92 Å². The number of nitrogens with one attached hydrogen (secondary N) is 2. The normalized spacial score (nSPS) is 14.5. The van der Waals surface area contributed by atoms with Crippen LogP contribution in [0.1, 0.15) is 25.4 Å². The molecule has 3 N–H and O–H groups in total. The summed E-state index contributed by atoms with van der Waals surface area (Å²) >= 11 is 0. The standard InChI is InChI=1S/C16H25N5O2/c1-4-18-15(19-8-10-21-9-7-17-12-21)20-11-16(3,22)14-6-5-13(2)23-14/h5-7,9,12,22H,4,8,10-11H2,1-3H3,(H2,18,19,20). The number of hydrogen-bond acceptors (Lipinski definition) is 4. The number of aliphatic hydroxyl groups is 1. The van der Waals surface area contributed by atoms with Crippen molar-refractivity contribution >= 4 is 5.96 Å². The van der Waals surface area contributed by atoms with Crippen molar-refractivity contribution in [1.82, 2.24) is 20.2 Å². The van der Waals surface area contributed by atoms with E-state index in [4.69, 9.17) is 4.42 Å². The third kappa shape index (κ3) is 5.14. The van der Waals surface area contributed by atoms with Crippen LogP contribution >= 0.6 is 0 Å². The number of nitrogens with zero attached hydrogens (tertiary/aromatic N) is 3. The van der Waals surface area contributed by atoms with E-state index in [1.54, 1.807) is 25.5 Å². The van der Waals surface area contributed by atoms with Gasteiger partial charge in [0.15, 0.2) is 5.96 Å². The Morgan fingerprint density at radius 3 is 2.87 bits per heavy atom. The SMILES string of the molecule is CCNC(=NCC(C)(O)c1ccc(C)o1)NCCn1ccnc1. The van der Waals surface area contributed by atoms with E-state index in [0.717, 1.165) is 18.8 Å². The van der Waals surface area contributed by atoms with Crippen LogP contribution in [0.4, 0.5) is 0 Å². The summed E-state index contributed by atoms with van der Waals surface area (Å²) in [6, 6.07) is 3.62. The Kier molecular flexibility index (Phi) is 5.81. The molecule has 126 valence electrons. The number of imidazole rings is 1. The van der Waals surface area contributed by atoms with E-state index in [1.165, 1.54) is 0 Å². The molecule has 0 spiro atoms. The maximum absolute atomic E-state index is 10.5. The van der Waals surface area contributed by atoms with Gasteiger partial charge in [0, 0.05) is 32.0 Å². The lowest BCUT2D eigenvalue weighted by molar-refractivity contribution is 0.0428. The van der Waals surface area contributed by atoms with Crippen molar-refractivity contribution in [3.63, 3.8) is 0 Å². The Morgan fingerprint density at radius 2 is 2.26 bits per heavy atom. The van der Waals surface area contributed by atoms with Crippen LogP contribution in [0.2, 0.25) is 0 Å². The first-order valence-corrected chi connectivity index (χ1v) is 7.78. The number of aliphatic imine (C=N–C) groups is 1. The van der Waals surface area contributed by atoms with Gasteiger partial charge in [0.25, 0.3) is 0 Å². The van der Waals surface area contributed by atoms with Gasteiger partial charge in [-0.15, -0.1) is 0 Å². The van der Waals surface area contributed by atoms with E-state index < -0.39 is 5.60 Å². The number of furan rings is 1. The lowest BCUT2D eigenvalue weighted by atomic mass is 10.0. The second-order valence-corrected chi connectivity index (χ2v) is 5.61. The topological polar surface area (TPSA) is 87.6 Å². The predicted octanol–water partition coefficient (Wildman–Crippen LogP) is 1.25. The molecular weight excluding hydrogens is 294 g/mol. The summed E-state index contributed by atoms with van der Waals surface area (Å²) in [5.74, 6) is 1.96. The average Bonchev–Trinajstić information content (AvgIpc) is 3.16. The summed E-state index contributed by atoms with van der Waals surface area (Å²) in [6.45, 7) is 8.01. The Hall–Kier alpha value is -2.28. The molecule has 0 amide bonds. The van der Waals surface area contributed by atoms with Gasteiger partial charge in [0.1, 0.15) is 17.1 Å². The molecule has 2 heterocycles. The summed E-state index contributed by atoms with van der Waals surface area (Å²) in [7, 11) is 0. The van der Waals surface area contributed by atoms with Gasteiger partial charge >= 0.3 is 0 Å². The minimum absolute atomic E-state index is 0.209. The number of guanidine groups is 1. The lowest BCUT2D eigenvalue weighted by Gasteiger charge is -2.19. The maximum atomic E-state index is 10.5. The Labute approximate surface area is 136 Å². The molecule has 23 heavy (non-hydrogen) atoms. The smallest absolute Gasteiger partial charge is 0.191 e. The van der Waals surface area contributed by atoms with Crippen molar-refractivity contribution in [3.05, 3.63) is 42.4 Å². The summed E-state index contributed by atoms with van der Waals surface area (Å²) < 4.78 is 7.48. The van der Waals surface area contributed by atoms with E-state index in [0.29, 0.717) is 18.3 Å². The molecule has 7 heteroatoms. The molecule has 0 aliphatic rings. The average molecular weight is 319 g/mol. The number of rotatable bonds is 7. The molecular formula is C16H25N5O2. The van der Waals surface area contributed by atoms with Gasteiger partial charge < -0.3 is 24.7 Å². The van der Waals surface area contributed by atoms with Crippen LogP contribution in [0.25, 0.3) is 0 Å². The van der Waals surface area contributed by atoms with E-state index >= 15 is 0 Å². The molecule has 2 aromatic heterocycles. The highest BCUT2D eigenvalue weighted by molar-refractivity contribution is 5.79. The molecule has 1 unspecified atom stereocenters. The zero-order chi connectivity index (χ0) is 16.7. The van der Waals surface area contributed by atoms with Gasteiger partial charge in [-0.1, -0.05) is 0 Å². The monoisotopic (exact) mass is 319 g/mol. The predicted molar refractivity (Wildman–Crippen MR) is 89.2 cm³/mol. The van der Waals surface area contributed by atoms with Crippen molar-refractivity contribution in [2.24, 2.45) is 4.99 Å². The van der Waals surface area contributed by atoms with E-state index in [9.17, 15) is 5.11 Å². The molecule has 0 aromatic carbocycles. The van der Waals surface area contributed by atoms with E-state index in [-0.39, 0.29) is 6.54 Å². The summed E-state index contributed by atoms with van der Waals surface area (Å²) in [5.41, 5.74) is -1.14. The highest BCUT2D eigenvalue weighted by atomic mass is 16.4. The number of aromatic nitrogens is 2. The van der Waals surface area contributed by atoms with Gasteiger partial charge in [-0.3, -0.25) is 0 Å². The minimum Gasteiger partial charge on any atom is -0.463 e. The van der Waals surface area contributed by atoms with Crippen molar-refractivity contribution in [3.8, 4) is 0 Å².